The highest BCUT2D eigenvalue weighted by molar-refractivity contribution is 6.14. The summed E-state index contributed by atoms with van der Waals surface area (Å²) in [5.41, 5.74) is 7.13. The molecule has 1 saturated carbocycles. The van der Waals surface area contributed by atoms with Gasteiger partial charge < -0.3 is 4.74 Å². The Morgan fingerprint density at radius 2 is 1.77 bits per heavy atom. The summed E-state index contributed by atoms with van der Waals surface area (Å²) in [5.74, 6) is 0.331. The molecule has 2 aromatic carbocycles. The van der Waals surface area contributed by atoms with Crippen molar-refractivity contribution < 1.29 is 9.53 Å². The number of rotatable bonds is 7. The highest BCUT2D eigenvalue weighted by Gasteiger charge is 2.21. The van der Waals surface area contributed by atoms with E-state index < -0.39 is 0 Å². The third-order valence-corrected chi connectivity index (χ3v) is 5.75. The second kappa shape index (κ2) is 10.2. The van der Waals surface area contributed by atoms with Crippen molar-refractivity contribution in [2.75, 3.05) is 6.61 Å². The van der Waals surface area contributed by atoms with Gasteiger partial charge in [-0.3, -0.25) is 0 Å². The van der Waals surface area contributed by atoms with E-state index in [1.54, 1.807) is 0 Å². The molecule has 3 rings (SSSR count). The predicted octanol–water partition coefficient (Wildman–Crippen LogP) is 6.66. The van der Waals surface area contributed by atoms with Gasteiger partial charge >= 0.3 is 5.97 Å². The fourth-order valence-corrected chi connectivity index (χ4v) is 3.68. The Balaban J connectivity index is 2.10. The van der Waals surface area contributed by atoms with Crippen LogP contribution in [0.4, 0.5) is 0 Å². The molecule has 1 aliphatic carbocycles. The lowest BCUT2D eigenvalue weighted by Gasteiger charge is -2.27. The molecule has 1 aliphatic rings. The molecule has 0 atom stereocenters. The Bertz CT molecular complexity index is 976. The fraction of sp³-hybridized carbons (Fsp3) is 0.333. The first-order valence-electron chi connectivity index (χ1n) is 10.8. The fourth-order valence-electron chi connectivity index (χ4n) is 3.68. The second-order valence-electron chi connectivity index (χ2n) is 7.77. The minimum absolute atomic E-state index is 0.297. The van der Waals surface area contributed by atoms with E-state index in [9.17, 15) is 4.79 Å². The molecule has 3 nitrogen and oxygen atoms in total. The normalized spacial score (nSPS) is 15.7. The quantitative estimate of drug-likeness (QED) is 0.296. The first-order valence-corrected chi connectivity index (χ1v) is 10.8. The van der Waals surface area contributed by atoms with Gasteiger partial charge in [0.05, 0.1) is 23.6 Å². The summed E-state index contributed by atoms with van der Waals surface area (Å²) in [7, 11) is 0. The third kappa shape index (κ3) is 4.96. The minimum atomic E-state index is -0.297. The van der Waals surface area contributed by atoms with E-state index in [4.69, 9.17) is 9.73 Å². The first kappa shape index (κ1) is 21.8. The zero-order valence-electron chi connectivity index (χ0n) is 18.4. The molecule has 2 aromatic rings. The van der Waals surface area contributed by atoms with Gasteiger partial charge in [0, 0.05) is 11.1 Å². The van der Waals surface area contributed by atoms with Crippen LogP contribution in [0.5, 0.6) is 0 Å². The number of allylic oxidation sites excluding steroid dienone is 3. The van der Waals surface area contributed by atoms with E-state index in [0.717, 1.165) is 22.5 Å². The highest BCUT2D eigenvalue weighted by atomic mass is 16.5. The lowest BCUT2D eigenvalue weighted by atomic mass is 9.79. The van der Waals surface area contributed by atoms with Crippen molar-refractivity contribution in [3.05, 3.63) is 94.2 Å². The van der Waals surface area contributed by atoms with Crippen LogP contribution in [0.3, 0.4) is 0 Å². The molecular formula is C27H31NO2. The van der Waals surface area contributed by atoms with Gasteiger partial charge in [0.1, 0.15) is 0 Å². The van der Waals surface area contributed by atoms with Gasteiger partial charge in [-0.15, -0.1) is 0 Å². The number of ether oxygens (including phenoxy) is 1. The first-order chi connectivity index (χ1) is 14.5. The second-order valence-corrected chi connectivity index (χ2v) is 7.77. The number of hydrogen-bond acceptors (Lipinski definition) is 3. The molecule has 0 aromatic heterocycles. The molecule has 156 valence electrons. The van der Waals surface area contributed by atoms with Crippen LogP contribution in [0, 0.1) is 12.8 Å². The summed E-state index contributed by atoms with van der Waals surface area (Å²) in [6.07, 6.45) is 7.96. The van der Waals surface area contributed by atoms with Gasteiger partial charge in [-0.2, -0.15) is 0 Å². The van der Waals surface area contributed by atoms with Crippen molar-refractivity contribution >= 4 is 11.7 Å². The van der Waals surface area contributed by atoms with Crippen LogP contribution < -0.4 is 0 Å². The molecule has 0 amide bonds. The van der Waals surface area contributed by atoms with Gasteiger partial charge in [0.2, 0.25) is 0 Å². The summed E-state index contributed by atoms with van der Waals surface area (Å²) in [6.45, 7) is 8.53. The lowest BCUT2D eigenvalue weighted by molar-refractivity contribution is 0.0526. The summed E-state index contributed by atoms with van der Waals surface area (Å²) in [4.78, 5) is 17.2. The predicted molar refractivity (Wildman–Crippen MR) is 124 cm³/mol. The number of aryl methyl sites for hydroxylation is 1. The van der Waals surface area contributed by atoms with E-state index in [1.165, 1.54) is 30.4 Å². The summed E-state index contributed by atoms with van der Waals surface area (Å²) in [6, 6.07) is 15.9. The molecule has 0 unspecified atom stereocenters. The van der Waals surface area contributed by atoms with Crippen molar-refractivity contribution in [2.45, 2.75) is 47.0 Å². The lowest BCUT2D eigenvalue weighted by Crippen LogP contribution is -2.14. The molecule has 0 bridgehead atoms. The molecule has 3 heteroatoms. The van der Waals surface area contributed by atoms with Crippen molar-refractivity contribution in [3.8, 4) is 0 Å². The molecule has 0 heterocycles. The van der Waals surface area contributed by atoms with Gasteiger partial charge in [0.25, 0.3) is 0 Å². The van der Waals surface area contributed by atoms with Crippen LogP contribution >= 0.6 is 0 Å². The van der Waals surface area contributed by atoms with Gasteiger partial charge in [-0.25, -0.2) is 9.79 Å². The zero-order chi connectivity index (χ0) is 21.5. The number of benzene rings is 2. The molecule has 30 heavy (non-hydrogen) atoms. The maximum atomic E-state index is 12.0. The average Bonchev–Trinajstić information content (AvgIpc) is 2.71. The Kier molecular flexibility index (Phi) is 7.40. The van der Waals surface area contributed by atoms with Crippen LogP contribution in [0.15, 0.2) is 76.9 Å². The molecule has 0 spiro atoms. The summed E-state index contributed by atoms with van der Waals surface area (Å²) >= 11 is 0. The van der Waals surface area contributed by atoms with Crippen molar-refractivity contribution in [3.63, 3.8) is 0 Å². The van der Waals surface area contributed by atoms with Crippen molar-refractivity contribution in [1.29, 1.82) is 0 Å². The van der Waals surface area contributed by atoms with Crippen LogP contribution in [0.25, 0.3) is 0 Å². The number of carbonyl (C=O) groups is 1. The molecule has 0 saturated heterocycles. The Labute approximate surface area is 180 Å². The van der Waals surface area contributed by atoms with E-state index in [0.29, 0.717) is 18.1 Å². The number of carbonyl (C=O) groups excluding carboxylic acids is 1. The summed E-state index contributed by atoms with van der Waals surface area (Å²) in [5, 5.41) is 0. The van der Waals surface area contributed by atoms with Gasteiger partial charge in [-0.1, -0.05) is 48.9 Å². The third-order valence-electron chi connectivity index (χ3n) is 5.75. The number of esters is 1. The van der Waals surface area contributed by atoms with Crippen LogP contribution in [-0.2, 0) is 4.74 Å². The van der Waals surface area contributed by atoms with E-state index in [-0.39, 0.29) is 5.97 Å². The van der Waals surface area contributed by atoms with Crippen LogP contribution in [0.1, 0.15) is 67.1 Å². The number of nitrogens with zero attached hydrogens (tertiary/aromatic N) is 1. The standard InChI is InChI=1S/C27H31NO2/c1-5-10-25(20(4)21-12-9-13-21)28-26(24-14-8-7-11-19(24)3)22-15-17-23(18-16-22)27(29)30-6-2/h5,7-8,10-11,14-18,21H,6,9,12-13H2,1-4H3/b10-5-,25-20-,28-26?. The molecular weight excluding hydrogens is 370 g/mol. The van der Waals surface area contributed by atoms with E-state index in [2.05, 4.69) is 38.1 Å². The minimum Gasteiger partial charge on any atom is -0.462 e. The smallest absolute Gasteiger partial charge is 0.338 e. The zero-order valence-corrected chi connectivity index (χ0v) is 18.4. The van der Waals surface area contributed by atoms with Crippen molar-refractivity contribution in [2.24, 2.45) is 10.9 Å². The van der Waals surface area contributed by atoms with E-state index in [1.807, 2.05) is 50.2 Å². The largest absolute Gasteiger partial charge is 0.462 e. The maximum Gasteiger partial charge on any atom is 0.338 e. The maximum absolute atomic E-state index is 12.0. The van der Waals surface area contributed by atoms with Crippen LogP contribution in [-0.4, -0.2) is 18.3 Å². The molecule has 0 N–H and O–H groups in total. The SMILES string of the molecule is C/C=C\C(N=C(c1ccc(C(=O)OCC)cc1)c1ccccc1C)=C(/C)C1CCC1. The number of hydrogen-bond donors (Lipinski definition) is 0. The van der Waals surface area contributed by atoms with Gasteiger partial charge in [-0.05, 0) is 75.8 Å². The molecule has 0 radical (unpaired) electrons. The molecule has 0 aliphatic heterocycles. The summed E-state index contributed by atoms with van der Waals surface area (Å²) < 4.78 is 5.12. The van der Waals surface area contributed by atoms with E-state index >= 15 is 0 Å². The van der Waals surface area contributed by atoms with Crippen molar-refractivity contribution in [1.82, 2.24) is 0 Å². The topological polar surface area (TPSA) is 38.7 Å². The number of aliphatic imine (C=N–C) groups is 1. The van der Waals surface area contributed by atoms with Crippen LogP contribution in [0.2, 0.25) is 0 Å². The Morgan fingerprint density at radius 3 is 2.33 bits per heavy atom. The van der Waals surface area contributed by atoms with Gasteiger partial charge in [0.15, 0.2) is 0 Å². The monoisotopic (exact) mass is 401 g/mol. The Hall–Kier alpha value is -2.94. The Morgan fingerprint density at radius 1 is 1.10 bits per heavy atom. The highest BCUT2D eigenvalue weighted by Crippen LogP contribution is 2.35. The average molecular weight is 402 g/mol. The molecule has 1 fully saturated rings.